The van der Waals surface area contributed by atoms with E-state index in [9.17, 15) is 4.57 Å². The maximum absolute atomic E-state index is 10.7. The first-order chi connectivity index (χ1) is 10.5. The SMILES string of the molecule is CC(OCC(N)(CO)CO)C(O)P(=O)(O)O.CCN(CC)CC. The highest BCUT2D eigenvalue weighted by Gasteiger charge is 2.34. The van der Waals surface area contributed by atoms with Crippen LogP contribution in [0.3, 0.4) is 0 Å². The molecule has 0 saturated carbocycles. The molecule has 0 aliphatic heterocycles. The first-order valence-corrected chi connectivity index (χ1v) is 9.27. The maximum atomic E-state index is 10.7. The smallest absolute Gasteiger partial charge is 0.356 e. The Balaban J connectivity index is 0. The number of nitrogens with two attached hydrogens (primary N) is 1. The monoisotopic (exact) mass is 360 g/mol. The van der Waals surface area contributed by atoms with Gasteiger partial charge in [0, 0.05) is 0 Å². The summed E-state index contributed by atoms with van der Waals surface area (Å²) in [7, 11) is -4.65. The molecule has 0 aromatic rings. The predicted molar refractivity (Wildman–Crippen MR) is 88.0 cm³/mol. The summed E-state index contributed by atoms with van der Waals surface area (Å²) in [5, 5.41) is 26.8. The Morgan fingerprint density at radius 2 is 1.52 bits per heavy atom. The van der Waals surface area contributed by atoms with Gasteiger partial charge < -0.3 is 40.5 Å². The van der Waals surface area contributed by atoms with Gasteiger partial charge in [0.2, 0.25) is 0 Å². The number of hydrogen-bond acceptors (Lipinski definition) is 7. The molecule has 142 valence electrons. The zero-order valence-electron chi connectivity index (χ0n) is 14.4. The highest BCUT2D eigenvalue weighted by molar-refractivity contribution is 7.52. The molecule has 0 aromatic heterocycles. The van der Waals surface area contributed by atoms with Gasteiger partial charge in [-0.1, -0.05) is 20.8 Å². The third kappa shape index (κ3) is 11.1. The fourth-order valence-corrected chi connectivity index (χ4v) is 2.10. The largest absolute Gasteiger partial charge is 0.394 e. The van der Waals surface area contributed by atoms with Crippen molar-refractivity contribution in [1.29, 1.82) is 0 Å². The Morgan fingerprint density at radius 1 is 1.13 bits per heavy atom. The van der Waals surface area contributed by atoms with Gasteiger partial charge in [-0.05, 0) is 26.6 Å². The molecule has 0 radical (unpaired) electrons. The Labute approximate surface area is 138 Å². The van der Waals surface area contributed by atoms with Gasteiger partial charge in [0.15, 0.2) is 5.85 Å². The van der Waals surface area contributed by atoms with Gasteiger partial charge in [-0.15, -0.1) is 0 Å². The summed E-state index contributed by atoms with van der Waals surface area (Å²) >= 11 is 0. The van der Waals surface area contributed by atoms with Crippen LogP contribution in [0.2, 0.25) is 0 Å². The number of aliphatic hydroxyl groups is 3. The zero-order valence-corrected chi connectivity index (χ0v) is 15.3. The van der Waals surface area contributed by atoms with Crippen LogP contribution >= 0.6 is 7.60 Å². The van der Waals surface area contributed by atoms with E-state index in [1.54, 1.807) is 0 Å². The predicted octanol–water partition coefficient (Wildman–Crippen LogP) is -1.08. The quantitative estimate of drug-likeness (QED) is 0.267. The molecular formula is C13H33N2O7P. The third-order valence-corrected chi connectivity index (χ3v) is 4.48. The lowest BCUT2D eigenvalue weighted by Crippen LogP contribution is -2.52. The summed E-state index contributed by atoms with van der Waals surface area (Å²) in [5.74, 6) is -1.96. The van der Waals surface area contributed by atoms with E-state index in [1.807, 2.05) is 0 Å². The minimum absolute atomic E-state index is 0.335. The lowest BCUT2D eigenvalue weighted by atomic mass is 10.1. The lowest BCUT2D eigenvalue weighted by Gasteiger charge is -2.28. The van der Waals surface area contributed by atoms with Gasteiger partial charge in [-0.25, -0.2) is 0 Å². The fourth-order valence-electron chi connectivity index (χ4n) is 1.47. The van der Waals surface area contributed by atoms with Gasteiger partial charge in [-0.2, -0.15) is 0 Å². The minimum atomic E-state index is -4.65. The molecule has 0 spiro atoms. The van der Waals surface area contributed by atoms with E-state index in [4.69, 9.17) is 35.6 Å². The molecule has 0 rings (SSSR count). The van der Waals surface area contributed by atoms with Crippen molar-refractivity contribution in [3.05, 3.63) is 0 Å². The molecule has 0 aliphatic carbocycles. The summed E-state index contributed by atoms with van der Waals surface area (Å²) in [6.07, 6.45) is -1.16. The van der Waals surface area contributed by atoms with Crippen molar-refractivity contribution in [2.75, 3.05) is 39.5 Å². The van der Waals surface area contributed by atoms with Crippen molar-refractivity contribution in [3.8, 4) is 0 Å². The van der Waals surface area contributed by atoms with Crippen molar-refractivity contribution in [2.24, 2.45) is 5.73 Å². The first kappa shape index (κ1) is 25.2. The summed E-state index contributed by atoms with van der Waals surface area (Å²) in [4.78, 5) is 19.7. The van der Waals surface area contributed by atoms with Crippen LogP contribution in [0.5, 0.6) is 0 Å². The zero-order chi connectivity index (χ0) is 18.7. The topological polar surface area (TPSA) is 157 Å². The number of nitrogens with zero attached hydrogens (tertiary/aromatic N) is 1. The van der Waals surface area contributed by atoms with Gasteiger partial charge in [0.25, 0.3) is 0 Å². The molecule has 0 aliphatic rings. The number of rotatable bonds is 10. The van der Waals surface area contributed by atoms with E-state index in [-0.39, 0.29) is 6.61 Å². The molecule has 23 heavy (non-hydrogen) atoms. The molecule has 2 unspecified atom stereocenters. The summed E-state index contributed by atoms with van der Waals surface area (Å²) in [5.41, 5.74) is 4.05. The van der Waals surface area contributed by atoms with Crippen LogP contribution in [0.15, 0.2) is 0 Å². The van der Waals surface area contributed by atoms with Crippen LogP contribution in [-0.2, 0) is 9.30 Å². The average molecular weight is 360 g/mol. The van der Waals surface area contributed by atoms with Crippen LogP contribution in [0, 0.1) is 0 Å². The van der Waals surface area contributed by atoms with Crippen molar-refractivity contribution in [3.63, 3.8) is 0 Å². The Kier molecular flexibility index (Phi) is 13.4. The van der Waals surface area contributed by atoms with E-state index in [1.165, 1.54) is 26.6 Å². The average Bonchev–Trinajstić information content (AvgIpc) is 2.53. The van der Waals surface area contributed by atoms with Crippen molar-refractivity contribution in [1.82, 2.24) is 4.90 Å². The molecule has 2 atom stereocenters. The second-order valence-corrected chi connectivity index (χ2v) is 7.02. The third-order valence-electron chi connectivity index (χ3n) is 3.37. The second-order valence-electron chi connectivity index (χ2n) is 5.32. The maximum Gasteiger partial charge on any atom is 0.356 e. The fraction of sp³-hybridized carbons (Fsp3) is 1.00. The lowest BCUT2D eigenvalue weighted by molar-refractivity contribution is -0.0430. The standard InChI is InChI=1S/C7H18NO7P.C6H15N/c1-5(6(11)16(12,13)14)15-4-7(8,2-9)3-10;1-4-7(5-2)6-3/h5-6,9-11H,2-4,8H2,1H3,(H2,12,13,14);4-6H2,1-3H3. The summed E-state index contributed by atoms with van der Waals surface area (Å²) in [6, 6.07) is 0. The molecular weight excluding hydrogens is 327 g/mol. The van der Waals surface area contributed by atoms with Crippen molar-refractivity contribution >= 4 is 7.60 Å². The highest BCUT2D eigenvalue weighted by Crippen LogP contribution is 2.41. The molecule has 7 N–H and O–H groups in total. The van der Waals surface area contributed by atoms with Gasteiger partial charge in [-0.3, -0.25) is 4.57 Å². The van der Waals surface area contributed by atoms with Crippen molar-refractivity contribution < 1.29 is 34.4 Å². The molecule has 0 bridgehead atoms. The van der Waals surface area contributed by atoms with Crippen LogP contribution in [0.1, 0.15) is 27.7 Å². The summed E-state index contributed by atoms with van der Waals surface area (Å²) < 4.78 is 15.6. The van der Waals surface area contributed by atoms with E-state index in [0.29, 0.717) is 0 Å². The summed E-state index contributed by atoms with van der Waals surface area (Å²) in [6.45, 7) is 9.93. The molecule has 0 fully saturated rings. The Hall–Kier alpha value is -0.0900. The van der Waals surface area contributed by atoms with E-state index < -0.39 is 38.3 Å². The minimum Gasteiger partial charge on any atom is -0.394 e. The molecule has 10 heteroatoms. The van der Waals surface area contributed by atoms with Gasteiger partial charge in [0.05, 0.1) is 31.5 Å². The first-order valence-electron chi connectivity index (χ1n) is 7.59. The number of ether oxygens (including phenoxy) is 1. The Bertz CT molecular complexity index is 327. The normalized spacial score (nSPS) is 15.1. The molecule has 0 aromatic carbocycles. The van der Waals surface area contributed by atoms with Crippen LogP contribution in [-0.4, -0.2) is 86.9 Å². The van der Waals surface area contributed by atoms with Gasteiger partial charge >= 0.3 is 7.60 Å². The number of aliphatic hydroxyl groups excluding tert-OH is 3. The van der Waals surface area contributed by atoms with Crippen LogP contribution in [0.25, 0.3) is 0 Å². The highest BCUT2D eigenvalue weighted by atomic mass is 31.2. The molecule has 9 nitrogen and oxygen atoms in total. The number of hydrogen-bond donors (Lipinski definition) is 6. The van der Waals surface area contributed by atoms with Crippen LogP contribution < -0.4 is 5.73 Å². The van der Waals surface area contributed by atoms with Gasteiger partial charge in [0.1, 0.15) is 0 Å². The molecule has 0 heterocycles. The Morgan fingerprint density at radius 3 is 1.74 bits per heavy atom. The van der Waals surface area contributed by atoms with Crippen molar-refractivity contribution in [2.45, 2.75) is 45.2 Å². The second kappa shape index (κ2) is 12.3. The molecule has 0 amide bonds. The van der Waals surface area contributed by atoms with E-state index in [2.05, 4.69) is 25.7 Å². The van der Waals surface area contributed by atoms with Crippen LogP contribution in [0.4, 0.5) is 0 Å². The van der Waals surface area contributed by atoms with E-state index in [0.717, 1.165) is 0 Å². The molecule has 0 saturated heterocycles. The van der Waals surface area contributed by atoms with E-state index >= 15 is 0 Å².